The van der Waals surface area contributed by atoms with Gasteiger partial charge in [-0.1, -0.05) is 26.7 Å². The van der Waals surface area contributed by atoms with Crippen molar-refractivity contribution in [1.82, 2.24) is 0 Å². The Bertz CT molecular complexity index is 196. The highest BCUT2D eigenvalue weighted by Crippen LogP contribution is 2.44. The number of ketones is 1. The molecule has 1 unspecified atom stereocenters. The van der Waals surface area contributed by atoms with Gasteiger partial charge in [0.1, 0.15) is 5.60 Å². The van der Waals surface area contributed by atoms with Gasteiger partial charge in [-0.3, -0.25) is 4.79 Å². The molecule has 0 aromatic heterocycles. The number of aliphatic hydroxyl groups is 1. The maximum atomic E-state index is 11.3. The summed E-state index contributed by atoms with van der Waals surface area (Å²) in [5, 5.41) is 10.1. The highest BCUT2D eigenvalue weighted by Gasteiger charge is 2.48. The summed E-state index contributed by atoms with van der Waals surface area (Å²) in [6, 6.07) is 0. The van der Waals surface area contributed by atoms with E-state index in [1.807, 2.05) is 13.8 Å². The smallest absolute Gasteiger partial charge is 0.161 e. The Morgan fingerprint density at radius 3 is 2.08 bits per heavy atom. The lowest BCUT2D eigenvalue weighted by molar-refractivity contribution is -0.155. The molecule has 0 heterocycles. The molecule has 1 N–H and O–H groups in total. The van der Waals surface area contributed by atoms with Gasteiger partial charge >= 0.3 is 0 Å². The highest BCUT2D eigenvalue weighted by atomic mass is 16.3. The monoisotopic (exact) mass is 170 g/mol. The molecule has 2 nitrogen and oxygen atoms in total. The zero-order valence-corrected chi connectivity index (χ0v) is 8.18. The Labute approximate surface area is 74.0 Å². The number of hydrogen-bond acceptors (Lipinski definition) is 2. The van der Waals surface area contributed by atoms with E-state index in [0.29, 0.717) is 6.42 Å². The molecule has 1 saturated carbocycles. The van der Waals surface area contributed by atoms with Crippen LogP contribution in [0.1, 0.15) is 46.5 Å². The number of Topliss-reactive ketones (excluding diaryl/α,β-unsaturated/α-hetero) is 1. The van der Waals surface area contributed by atoms with Crippen LogP contribution in [0.25, 0.3) is 0 Å². The van der Waals surface area contributed by atoms with Crippen molar-refractivity contribution in [2.24, 2.45) is 5.41 Å². The summed E-state index contributed by atoms with van der Waals surface area (Å²) in [7, 11) is 0. The lowest BCUT2D eigenvalue weighted by Gasteiger charge is -2.44. The molecule has 2 heteroatoms. The zero-order chi connectivity index (χ0) is 9.41. The predicted octanol–water partition coefficient (Wildman–Crippen LogP) is 1.91. The summed E-state index contributed by atoms with van der Waals surface area (Å²) in [4.78, 5) is 11.3. The van der Waals surface area contributed by atoms with Crippen molar-refractivity contribution < 1.29 is 9.90 Å². The van der Waals surface area contributed by atoms with Crippen molar-refractivity contribution in [1.29, 1.82) is 0 Å². The van der Waals surface area contributed by atoms with Crippen LogP contribution in [-0.4, -0.2) is 16.5 Å². The van der Waals surface area contributed by atoms with Gasteiger partial charge in [-0.05, 0) is 19.8 Å². The standard InChI is InChI=1S/C10H18O2/c1-8(11)10(12)7-5-4-6-9(10,2)3/h12H,4-7H2,1-3H3. The quantitative estimate of drug-likeness (QED) is 0.652. The van der Waals surface area contributed by atoms with E-state index in [-0.39, 0.29) is 11.2 Å². The topological polar surface area (TPSA) is 37.3 Å². The molecule has 1 aliphatic rings. The molecule has 0 aliphatic heterocycles. The Morgan fingerprint density at radius 2 is 1.75 bits per heavy atom. The molecule has 12 heavy (non-hydrogen) atoms. The van der Waals surface area contributed by atoms with Crippen molar-refractivity contribution in [3.05, 3.63) is 0 Å². The second kappa shape index (κ2) is 2.84. The Kier molecular flexibility index (Phi) is 2.30. The van der Waals surface area contributed by atoms with E-state index in [9.17, 15) is 9.90 Å². The molecule has 0 aromatic rings. The van der Waals surface area contributed by atoms with Crippen LogP contribution in [0.2, 0.25) is 0 Å². The average molecular weight is 170 g/mol. The second-order valence-electron chi connectivity index (χ2n) is 4.51. The first-order chi connectivity index (χ1) is 5.40. The molecule has 1 fully saturated rings. The summed E-state index contributed by atoms with van der Waals surface area (Å²) in [5.74, 6) is -0.0767. The van der Waals surface area contributed by atoms with Gasteiger partial charge < -0.3 is 5.11 Å². The maximum Gasteiger partial charge on any atom is 0.161 e. The number of carbonyl (C=O) groups is 1. The molecule has 0 amide bonds. The van der Waals surface area contributed by atoms with E-state index in [4.69, 9.17) is 0 Å². The minimum Gasteiger partial charge on any atom is -0.382 e. The van der Waals surface area contributed by atoms with Crippen molar-refractivity contribution in [3.8, 4) is 0 Å². The van der Waals surface area contributed by atoms with Crippen LogP contribution in [0.4, 0.5) is 0 Å². The van der Waals surface area contributed by atoms with Crippen molar-refractivity contribution in [3.63, 3.8) is 0 Å². The summed E-state index contributed by atoms with van der Waals surface area (Å²) in [6.07, 6.45) is 3.68. The molecule has 1 atom stereocenters. The molecular formula is C10H18O2. The average Bonchev–Trinajstić information content (AvgIpc) is 1.95. The van der Waals surface area contributed by atoms with Crippen LogP contribution in [-0.2, 0) is 4.79 Å². The van der Waals surface area contributed by atoms with E-state index in [2.05, 4.69) is 0 Å². The minimum atomic E-state index is -1.06. The van der Waals surface area contributed by atoms with Gasteiger partial charge in [0.25, 0.3) is 0 Å². The zero-order valence-electron chi connectivity index (χ0n) is 8.18. The Morgan fingerprint density at radius 1 is 1.25 bits per heavy atom. The van der Waals surface area contributed by atoms with E-state index in [1.165, 1.54) is 6.92 Å². The number of hydrogen-bond donors (Lipinski definition) is 1. The molecule has 0 bridgehead atoms. The van der Waals surface area contributed by atoms with Crippen LogP contribution in [0.15, 0.2) is 0 Å². The van der Waals surface area contributed by atoms with E-state index in [0.717, 1.165) is 19.3 Å². The first-order valence-corrected chi connectivity index (χ1v) is 4.63. The number of carbonyl (C=O) groups excluding carboxylic acids is 1. The molecule has 1 rings (SSSR count). The summed E-state index contributed by atoms with van der Waals surface area (Å²) < 4.78 is 0. The fourth-order valence-corrected chi connectivity index (χ4v) is 2.15. The van der Waals surface area contributed by atoms with Crippen LogP contribution >= 0.6 is 0 Å². The van der Waals surface area contributed by atoms with Gasteiger partial charge in [0.15, 0.2) is 5.78 Å². The minimum absolute atomic E-state index is 0.0767. The lowest BCUT2D eigenvalue weighted by atomic mass is 9.64. The molecule has 1 aliphatic carbocycles. The van der Waals surface area contributed by atoms with Gasteiger partial charge in [0.05, 0.1) is 0 Å². The molecule has 0 spiro atoms. The van der Waals surface area contributed by atoms with Crippen LogP contribution in [0.3, 0.4) is 0 Å². The van der Waals surface area contributed by atoms with Gasteiger partial charge in [-0.15, -0.1) is 0 Å². The maximum absolute atomic E-state index is 11.3. The van der Waals surface area contributed by atoms with Gasteiger partial charge in [-0.25, -0.2) is 0 Å². The second-order valence-corrected chi connectivity index (χ2v) is 4.51. The third-order valence-electron chi connectivity index (χ3n) is 3.29. The van der Waals surface area contributed by atoms with Gasteiger partial charge in [0.2, 0.25) is 0 Å². The summed E-state index contributed by atoms with van der Waals surface area (Å²) >= 11 is 0. The van der Waals surface area contributed by atoms with E-state index in [1.54, 1.807) is 0 Å². The first kappa shape index (κ1) is 9.72. The summed E-state index contributed by atoms with van der Waals surface area (Å²) in [5.41, 5.74) is -1.30. The van der Waals surface area contributed by atoms with Crippen molar-refractivity contribution in [2.45, 2.75) is 52.1 Å². The molecule has 0 aromatic carbocycles. The van der Waals surface area contributed by atoms with Crippen LogP contribution in [0, 0.1) is 5.41 Å². The fraction of sp³-hybridized carbons (Fsp3) is 0.900. The Balaban J connectivity index is 2.91. The largest absolute Gasteiger partial charge is 0.382 e. The lowest BCUT2D eigenvalue weighted by Crippen LogP contribution is -2.52. The molecular weight excluding hydrogens is 152 g/mol. The van der Waals surface area contributed by atoms with Crippen molar-refractivity contribution >= 4 is 5.78 Å². The van der Waals surface area contributed by atoms with Gasteiger partial charge in [0, 0.05) is 5.41 Å². The first-order valence-electron chi connectivity index (χ1n) is 4.63. The SMILES string of the molecule is CC(=O)C1(O)CCCCC1(C)C. The third-order valence-corrected chi connectivity index (χ3v) is 3.29. The van der Waals surface area contributed by atoms with Crippen molar-refractivity contribution in [2.75, 3.05) is 0 Å². The summed E-state index contributed by atoms with van der Waals surface area (Å²) in [6.45, 7) is 5.45. The fourth-order valence-electron chi connectivity index (χ4n) is 2.15. The third kappa shape index (κ3) is 1.28. The normalized spacial score (nSPS) is 34.7. The van der Waals surface area contributed by atoms with E-state index >= 15 is 0 Å². The molecule has 70 valence electrons. The van der Waals surface area contributed by atoms with E-state index < -0.39 is 5.60 Å². The highest BCUT2D eigenvalue weighted by molar-refractivity contribution is 5.85. The Hall–Kier alpha value is -0.370. The van der Waals surface area contributed by atoms with Crippen LogP contribution in [0.5, 0.6) is 0 Å². The molecule has 0 saturated heterocycles. The van der Waals surface area contributed by atoms with Crippen LogP contribution < -0.4 is 0 Å². The van der Waals surface area contributed by atoms with Gasteiger partial charge in [-0.2, -0.15) is 0 Å². The predicted molar refractivity (Wildman–Crippen MR) is 47.9 cm³/mol. The molecule has 0 radical (unpaired) electrons. The number of rotatable bonds is 1.